The molecular formula is C12H27MgN3O2. The first kappa shape index (κ1) is 26.3. The molecule has 0 saturated heterocycles. The maximum atomic E-state index is 9.50. The van der Waals surface area contributed by atoms with Crippen LogP contribution in [-0.2, 0) is 4.79 Å². The molecule has 0 aromatic rings. The Bertz CT molecular complexity index is 224. The minimum absolute atomic E-state index is 0. The summed E-state index contributed by atoms with van der Waals surface area (Å²) in [5.74, 6) is 5.04. The summed E-state index contributed by atoms with van der Waals surface area (Å²) >= 11 is 0. The third-order valence-electron chi connectivity index (χ3n) is 1.33. The molecule has 4 N–H and O–H groups in total. The van der Waals surface area contributed by atoms with Crippen LogP contribution in [-0.4, -0.2) is 47.5 Å². The maximum absolute atomic E-state index is 9.50. The van der Waals surface area contributed by atoms with Gasteiger partial charge in [-0.3, -0.25) is 0 Å². The van der Waals surface area contributed by atoms with E-state index in [4.69, 9.17) is 11.6 Å². The smallest absolute Gasteiger partial charge is 0.849 e. The molecule has 5 nitrogen and oxygen atoms in total. The van der Waals surface area contributed by atoms with Crippen molar-refractivity contribution in [3.05, 3.63) is 18.8 Å². The average Bonchev–Trinajstić information content (AvgIpc) is 2.19. The first-order valence-corrected chi connectivity index (χ1v) is 5.49. The first-order valence-electron chi connectivity index (χ1n) is 5.49. The van der Waals surface area contributed by atoms with Gasteiger partial charge in [0.05, 0.1) is 0 Å². The van der Waals surface area contributed by atoms with Crippen LogP contribution in [0.1, 0.15) is 34.6 Å². The molecule has 104 valence electrons. The van der Waals surface area contributed by atoms with Crippen LogP contribution >= 0.6 is 0 Å². The topological polar surface area (TPSA) is 95.4 Å². The summed E-state index contributed by atoms with van der Waals surface area (Å²) in [6.45, 7) is 12.4. The van der Waals surface area contributed by atoms with Crippen LogP contribution in [0.3, 0.4) is 0 Å². The Labute approximate surface area is 128 Å². The van der Waals surface area contributed by atoms with Crippen molar-refractivity contribution in [2.24, 2.45) is 17.0 Å². The number of hydrazine groups is 1. The van der Waals surface area contributed by atoms with Crippen LogP contribution in [0, 0.1) is 12.3 Å². The first-order chi connectivity index (χ1) is 7.61. The van der Waals surface area contributed by atoms with Gasteiger partial charge in [-0.05, 0) is 6.92 Å². The van der Waals surface area contributed by atoms with Gasteiger partial charge in [0, 0.05) is 18.9 Å². The van der Waals surface area contributed by atoms with Gasteiger partial charge in [-0.2, -0.15) is 0 Å². The standard InChI is InChI=1S/C7H16N3.C3H5O2.C2H6.Mg/c1-7(2,3)6(8)5-10(4)9;1-3(5)2-4;1-2;/h5H,1,8-9H2,2-4H3;2H2,1H3;1-2H3;/q2*-1;;+2/b6-5-;;;. The summed E-state index contributed by atoms with van der Waals surface area (Å²) in [7, 11) is 1.72. The van der Waals surface area contributed by atoms with Gasteiger partial charge in [-0.25, -0.2) is 5.84 Å². The van der Waals surface area contributed by atoms with E-state index in [1.54, 1.807) is 13.2 Å². The van der Waals surface area contributed by atoms with Gasteiger partial charge in [0.15, 0.2) is 0 Å². The van der Waals surface area contributed by atoms with E-state index in [0.717, 1.165) is 0 Å². The van der Waals surface area contributed by atoms with Crippen LogP contribution in [0.2, 0.25) is 0 Å². The number of carbonyl (C=O) groups is 1. The summed E-state index contributed by atoms with van der Waals surface area (Å²) < 4.78 is 0. The van der Waals surface area contributed by atoms with E-state index < -0.39 is 6.61 Å². The Kier molecular flexibility index (Phi) is 21.6. The fourth-order valence-corrected chi connectivity index (χ4v) is 0.394. The number of rotatable bonds is 3. The van der Waals surface area contributed by atoms with Crippen molar-refractivity contribution < 1.29 is 9.90 Å². The molecule has 0 bridgehead atoms. The number of allylic oxidation sites excluding steroid dienone is 1. The van der Waals surface area contributed by atoms with Crippen LogP contribution in [0.4, 0.5) is 0 Å². The van der Waals surface area contributed by atoms with Crippen molar-refractivity contribution >= 4 is 28.8 Å². The summed E-state index contributed by atoms with van der Waals surface area (Å²) in [4.78, 5) is 9.50. The molecule has 0 aromatic carbocycles. The average molecular weight is 270 g/mol. The normalized spacial score (nSPS) is 9.94. The molecular weight excluding hydrogens is 242 g/mol. The van der Waals surface area contributed by atoms with Gasteiger partial charge < -0.3 is 27.6 Å². The molecule has 0 aromatic heterocycles. The van der Waals surface area contributed by atoms with E-state index in [2.05, 4.69) is 6.92 Å². The predicted molar refractivity (Wildman–Crippen MR) is 76.0 cm³/mol. The van der Waals surface area contributed by atoms with Gasteiger partial charge >= 0.3 is 23.1 Å². The molecule has 0 rings (SSSR count). The van der Waals surface area contributed by atoms with E-state index in [0.29, 0.717) is 5.70 Å². The van der Waals surface area contributed by atoms with Gasteiger partial charge in [-0.15, -0.1) is 5.41 Å². The Balaban J connectivity index is -0.000000105. The quantitative estimate of drug-likeness (QED) is 0.326. The fourth-order valence-electron chi connectivity index (χ4n) is 0.394. The summed E-state index contributed by atoms with van der Waals surface area (Å²) in [6.07, 6.45) is 1.66. The third-order valence-corrected chi connectivity index (χ3v) is 1.33. The van der Waals surface area contributed by atoms with Crippen molar-refractivity contribution in [2.75, 3.05) is 13.7 Å². The monoisotopic (exact) mass is 269 g/mol. The maximum Gasteiger partial charge on any atom is 2.00 e. The van der Waals surface area contributed by atoms with Crippen LogP contribution in [0.15, 0.2) is 11.9 Å². The van der Waals surface area contributed by atoms with E-state index >= 15 is 0 Å². The Morgan fingerprint density at radius 2 is 1.72 bits per heavy atom. The molecule has 18 heavy (non-hydrogen) atoms. The van der Waals surface area contributed by atoms with Crippen molar-refractivity contribution in [3.8, 4) is 0 Å². The molecule has 0 amide bonds. The van der Waals surface area contributed by atoms with Gasteiger partial charge in [0.25, 0.3) is 0 Å². The SMILES string of the molecule is CC.CC(=O)C[O-].[CH2-]C(C)(C)/C(N)=C/N(C)N.[Mg+2]. The zero-order valence-corrected chi connectivity index (χ0v) is 14.0. The number of nitrogens with two attached hydrogens (primary N) is 2. The van der Waals surface area contributed by atoms with Crippen LogP contribution in [0.5, 0.6) is 0 Å². The fraction of sp³-hybridized carbons (Fsp3) is 0.667. The van der Waals surface area contributed by atoms with Gasteiger partial charge in [-0.1, -0.05) is 34.3 Å². The van der Waals surface area contributed by atoms with Crippen LogP contribution in [0.25, 0.3) is 0 Å². The Morgan fingerprint density at radius 3 is 1.78 bits per heavy atom. The minimum atomic E-state index is -0.583. The summed E-state index contributed by atoms with van der Waals surface area (Å²) in [6, 6.07) is 0. The molecule has 0 aliphatic carbocycles. The second-order valence-electron chi connectivity index (χ2n) is 3.98. The largest absolute Gasteiger partial charge is 2.00 e. The molecule has 0 unspecified atom stereocenters. The molecule has 6 heteroatoms. The number of nitrogens with zero attached hydrogens (tertiary/aromatic N) is 1. The second kappa shape index (κ2) is 14.8. The number of carbonyl (C=O) groups excluding carboxylic acids is 1. The van der Waals surface area contributed by atoms with Crippen molar-refractivity contribution in [3.63, 3.8) is 0 Å². The van der Waals surface area contributed by atoms with Crippen LogP contribution < -0.4 is 16.7 Å². The molecule has 0 aliphatic heterocycles. The zero-order chi connectivity index (χ0) is 14.6. The molecule has 0 radical (unpaired) electrons. The van der Waals surface area contributed by atoms with Crippen molar-refractivity contribution in [2.45, 2.75) is 34.6 Å². The van der Waals surface area contributed by atoms with Gasteiger partial charge in [0.2, 0.25) is 0 Å². The Morgan fingerprint density at radius 1 is 1.44 bits per heavy atom. The number of Topliss-reactive ketones (excluding diaryl/α,β-unsaturated/α-hetero) is 1. The van der Waals surface area contributed by atoms with E-state index in [1.807, 2.05) is 27.7 Å². The number of hydrogen-bond acceptors (Lipinski definition) is 5. The third kappa shape index (κ3) is 24.8. The molecule has 0 fully saturated rings. The summed E-state index contributed by atoms with van der Waals surface area (Å²) in [5.41, 5.74) is 6.06. The predicted octanol–water partition coefficient (Wildman–Crippen LogP) is 0.0334. The van der Waals surface area contributed by atoms with Gasteiger partial charge in [0.1, 0.15) is 5.78 Å². The van der Waals surface area contributed by atoms with E-state index in [-0.39, 0.29) is 34.3 Å². The second-order valence-corrected chi connectivity index (χ2v) is 3.98. The molecule has 0 saturated carbocycles. The minimum Gasteiger partial charge on any atom is -0.849 e. The molecule has 0 spiro atoms. The molecule has 0 heterocycles. The summed E-state index contributed by atoms with van der Waals surface area (Å²) in [5, 5.41) is 10.7. The van der Waals surface area contributed by atoms with Crippen molar-refractivity contribution in [1.29, 1.82) is 0 Å². The Hall–Kier alpha value is -0.304. The molecule has 0 atom stereocenters. The zero-order valence-electron chi connectivity index (χ0n) is 12.6. The van der Waals surface area contributed by atoms with E-state index in [1.165, 1.54) is 11.9 Å². The molecule has 0 aliphatic rings. The number of ketones is 1. The number of hydrogen-bond donors (Lipinski definition) is 2. The van der Waals surface area contributed by atoms with E-state index in [9.17, 15) is 9.90 Å². The van der Waals surface area contributed by atoms with Crippen molar-refractivity contribution in [1.82, 2.24) is 5.01 Å².